The van der Waals surface area contributed by atoms with Crippen molar-refractivity contribution in [1.82, 2.24) is 4.98 Å². The van der Waals surface area contributed by atoms with E-state index < -0.39 is 5.97 Å². The fraction of sp³-hybridized carbons (Fsp3) is 0.538. The maximum Gasteiger partial charge on any atom is 0.337 e. The number of hydrogen-bond acceptors (Lipinski definition) is 4. The van der Waals surface area contributed by atoms with E-state index in [9.17, 15) is 4.79 Å². The highest BCUT2D eigenvalue weighted by atomic mass is 35.5. The summed E-state index contributed by atoms with van der Waals surface area (Å²) >= 11 is 5.83. The Morgan fingerprint density at radius 1 is 1.63 bits per heavy atom. The predicted molar refractivity (Wildman–Crippen MR) is 73.1 cm³/mol. The Morgan fingerprint density at radius 2 is 2.37 bits per heavy atom. The van der Waals surface area contributed by atoms with Crippen molar-refractivity contribution in [2.75, 3.05) is 25.1 Å². The van der Waals surface area contributed by atoms with E-state index in [2.05, 4.69) is 4.98 Å². The van der Waals surface area contributed by atoms with Crippen LogP contribution in [-0.2, 0) is 4.74 Å². The van der Waals surface area contributed by atoms with Crippen LogP contribution < -0.4 is 4.90 Å². The summed E-state index contributed by atoms with van der Waals surface area (Å²) in [4.78, 5) is 17.3. The molecule has 2 heterocycles. The molecule has 1 aliphatic rings. The Kier molecular flexibility index (Phi) is 3.96. The van der Waals surface area contributed by atoms with Gasteiger partial charge in [0.1, 0.15) is 5.82 Å². The molecule has 1 saturated heterocycles. The number of aromatic carboxylic acids is 1. The van der Waals surface area contributed by atoms with Crippen LogP contribution in [0.3, 0.4) is 0 Å². The third-order valence-electron chi connectivity index (χ3n) is 3.55. The van der Waals surface area contributed by atoms with E-state index in [-0.39, 0.29) is 16.2 Å². The van der Waals surface area contributed by atoms with Crippen LogP contribution in [0, 0.1) is 0 Å². The van der Waals surface area contributed by atoms with Crippen molar-refractivity contribution in [3.63, 3.8) is 0 Å². The first-order valence-corrected chi connectivity index (χ1v) is 6.52. The van der Waals surface area contributed by atoms with Crippen LogP contribution in [0.5, 0.6) is 0 Å². The highest BCUT2D eigenvalue weighted by molar-refractivity contribution is 6.33. The standard InChI is InChI=1S/C13H17ClN2O3/c1-13(19-2)4-3-5-16(8-13)11-6-9(12(17)18)10(14)7-15-11/h6-7H,3-5,8H2,1-2H3,(H,17,18). The van der Waals surface area contributed by atoms with E-state index >= 15 is 0 Å². The second-order valence-electron chi connectivity index (χ2n) is 5.01. The molecular formula is C13H17ClN2O3. The monoisotopic (exact) mass is 284 g/mol. The van der Waals surface area contributed by atoms with Crippen molar-refractivity contribution in [3.8, 4) is 0 Å². The maximum atomic E-state index is 11.1. The van der Waals surface area contributed by atoms with Gasteiger partial charge in [0.2, 0.25) is 0 Å². The lowest BCUT2D eigenvalue weighted by Crippen LogP contribution is -2.47. The fourth-order valence-corrected chi connectivity index (χ4v) is 2.52. The van der Waals surface area contributed by atoms with Gasteiger partial charge in [-0.3, -0.25) is 0 Å². The maximum absolute atomic E-state index is 11.1. The number of rotatable bonds is 3. The fourth-order valence-electron chi connectivity index (χ4n) is 2.33. The van der Waals surface area contributed by atoms with Crippen LogP contribution in [0.15, 0.2) is 12.3 Å². The quantitative estimate of drug-likeness (QED) is 0.924. The van der Waals surface area contributed by atoms with Crippen molar-refractivity contribution in [1.29, 1.82) is 0 Å². The van der Waals surface area contributed by atoms with Gasteiger partial charge in [-0.1, -0.05) is 11.6 Å². The first kappa shape index (κ1) is 14.1. The Bertz CT molecular complexity index is 495. The predicted octanol–water partition coefficient (Wildman–Crippen LogP) is 2.44. The van der Waals surface area contributed by atoms with Crippen molar-refractivity contribution >= 4 is 23.4 Å². The number of piperidine rings is 1. The average Bonchev–Trinajstić information content (AvgIpc) is 2.39. The topological polar surface area (TPSA) is 62.7 Å². The van der Waals surface area contributed by atoms with Crippen LogP contribution in [0.25, 0.3) is 0 Å². The van der Waals surface area contributed by atoms with Gasteiger partial charge < -0.3 is 14.7 Å². The molecule has 1 aromatic rings. The van der Waals surface area contributed by atoms with Crippen molar-refractivity contribution < 1.29 is 14.6 Å². The normalized spacial score (nSPS) is 23.4. The number of hydrogen-bond donors (Lipinski definition) is 1. The van der Waals surface area contributed by atoms with E-state index in [1.54, 1.807) is 7.11 Å². The van der Waals surface area contributed by atoms with Gasteiger partial charge in [-0.2, -0.15) is 0 Å². The molecule has 0 saturated carbocycles. The molecule has 1 fully saturated rings. The number of carboxylic acids is 1. The Morgan fingerprint density at radius 3 is 3.00 bits per heavy atom. The molecule has 1 atom stereocenters. The molecular weight excluding hydrogens is 268 g/mol. The largest absolute Gasteiger partial charge is 0.478 e. The number of carbonyl (C=O) groups is 1. The van der Waals surface area contributed by atoms with Gasteiger partial charge in [-0.05, 0) is 25.8 Å². The molecule has 1 N–H and O–H groups in total. The minimum atomic E-state index is -1.04. The summed E-state index contributed by atoms with van der Waals surface area (Å²) < 4.78 is 5.52. The summed E-state index contributed by atoms with van der Waals surface area (Å²) in [5, 5.41) is 9.24. The lowest BCUT2D eigenvalue weighted by Gasteiger charge is -2.40. The third kappa shape index (κ3) is 2.98. The summed E-state index contributed by atoms with van der Waals surface area (Å²) in [7, 11) is 1.70. The minimum absolute atomic E-state index is 0.0800. The van der Waals surface area contributed by atoms with Crippen molar-refractivity contribution in [2.24, 2.45) is 0 Å². The number of methoxy groups -OCH3 is 1. The minimum Gasteiger partial charge on any atom is -0.478 e. The van der Waals surface area contributed by atoms with Crippen LogP contribution in [0.1, 0.15) is 30.1 Å². The molecule has 5 nitrogen and oxygen atoms in total. The zero-order valence-electron chi connectivity index (χ0n) is 11.0. The zero-order valence-corrected chi connectivity index (χ0v) is 11.8. The molecule has 0 spiro atoms. The molecule has 1 aliphatic heterocycles. The zero-order chi connectivity index (χ0) is 14.0. The molecule has 1 unspecified atom stereocenters. The summed E-state index contributed by atoms with van der Waals surface area (Å²) in [6.07, 6.45) is 3.36. The van der Waals surface area contributed by atoms with E-state index in [4.69, 9.17) is 21.4 Å². The number of anilines is 1. The summed E-state index contributed by atoms with van der Waals surface area (Å²) in [5.41, 5.74) is -0.139. The highest BCUT2D eigenvalue weighted by Crippen LogP contribution is 2.28. The molecule has 2 rings (SSSR count). The van der Waals surface area contributed by atoms with Gasteiger partial charge in [0.05, 0.1) is 16.2 Å². The summed E-state index contributed by atoms with van der Waals surface area (Å²) in [6.45, 7) is 3.58. The molecule has 0 amide bonds. The van der Waals surface area contributed by atoms with Gasteiger partial charge in [0.25, 0.3) is 0 Å². The molecule has 0 radical (unpaired) electrons. The first-order chi connectivity index (χ1) is 8.95. The first-order valence-electron chi connectivity index (χ1n) is 6.14. The Balaban J connectivity index is 2.27. The van der Waals surface area contributed by atoms with E-state index in [0.29, 0.717) is 12.4 Å². The average molecular weight is 285 g/mol. The molecule has 1 aromatic heterocycles. The van der Waals surface area contributed by atoms with Gasteiger partial charge >= 0.3 is 5.97 Å². The number of nitrogens with zero attached hydrogens (tertiary/aromatic N) is 2. The van der Waals surface area contributed by atoms with Gasteiger partial charge in [0.15, 0.2) is 0 Å². The van der Waals surface area contributed by atoms with Gasteiger partial charge in [-0.25, -0.2) is 9.78 Å². The summed E-state index contributed by atoms with van der Waals surface area (Å²) in [6, 6.07) is 1.52. The Labute approximate surface area is 117 Å². The van der Waals surface area contributed by atoms with Crippen LogP contribution in [0.2, 0.25) is 5.02 Å². The summed E-state index contributed by atoms with van der Waals surface area (Å²) in [5.74, 6) is -0.412. The number of carboxylic acid groups (broad SMARTS) is 1. The molecule has 0 aromatic carbocycles. The number of ether oxygens (including phenoxy) is 1. The lowest BCUT2D eigenvalue weighted by molar-refractivity contribution is -0.00481. The smallest absolute Gasteiger partial charge is 0.337 e. The Hall–Kier alpha value is -1.33. The second kappa shape index (κ2) is 5.35. The van der Waals surface area contributed by atoms with Crippen LogP contribution >= 0.6 is 11.6 Å². The van der Waals surface area contributed by atoms with E-state index in [1.165, 1.54) is 12.3 Å². The second-order valence-corrected chi connectivity index (χ2v) is 5.41. The number of halogens is 1. The van der Waals surface area contributed by atoms with Crippen LogP contribution in [-0.4, -0.2) is 41.9 Å². The van der Waals surface area contributed by atoms with Gasteiger partial charge in [0, 0.05) is 26.4 Å². The van der Waals surface area contributed by atoms with Crippen LogP contribution in [0.4, 0.5) is 5.82 Å². The number of pyridine rings is 1. The van der Waals surface area contributed by atoms with Crippen molar-refractivity contribution in [3.05, 3.63) is 22.8 Å². The molecule has 0 aliphatic carbocycles. The third-order valence-corrected chi connectivity index (χ3v) is 3.85. The van der Waals surface area contributed by atoms with E-state index in [1.807, 2.05) is 11.8 Å². The number of aromatic nitrogens is 1. The lowest BCUT2D eigenvalue weighted by atomic mass is 9.95. The molecule has 104 valence electrons. The molecule has 6 heteroatoms. The highest BCUT2D eigenvalue weighted by Gasteiger charge is 2.31. The van der Waals surface area contributed by atoms with Gasteiger partial charge in [-0.15, -0.1) is 0 Å². The van der Waals surface area contributed by atoms with Crippen molar-refractivity contribution in [2.45, 2.75) is 25.4 Å². The van der Waals surface area contributed by atoms with E-state index in [0.717, 1.165) is 19.4 Å². The SMILES string of the molecule is COC1(C)CCCN(c2cc(C(=O)O)c(Cl)cn2)C1. The molecule has 0 bridgehead atoms. The molecule has 19 heavy (non-hydrogen) atoms.